The molecule has 1 atom stereocenters. The first kappa shape index (κ1) is 17.6. The Hall–Kier alpha value is -1.80. The van der Waals surface area contributed by atoms with E-state index < -0.39 is 9.84 Å². The van der Waals surface area contributed by atoms with Crippen molar-refractivity contribution in [2.45, 2.75) is 23.8 Å². The number of rotatable bonds is 6. The Morgan fingerprint density at radius 3 is 2.57 bits per heavy atom. The van der Waals surface area contributed by atoms with Gasteiger partial charge in [-0.2, -0.15) is 0 Å². The predicted octanol–water partition coefficient (Wildman–Crippen LogP) is 0.427. The number of ether oxygens (including phenoxy) is 2. The van der Waals surface area contributed by atoms with E-state index in [4.69, 9.17) is 15.2 Å². The van der Waals surface area contributed by atoms with Crippen molar-refractivity contribution in [1.29, 1.82) is 0 Å². The van der Waals surface area contributed by atoms with Crippen LogP contribution in [0.25, 0.3) is 0 Å². The lowest BCUT2D eigenvalue weighted by molar-refractivity contribution is -0.129. The molecule has 2 N–H and O–H groups in total. The molecule has 0 unspecified atom stereocenters. The zero-order chi connectivity index (χ0) is 17.0. The second-order valence-corrected chi connectivity index (χ2v) is 7.58. The molecule has 8 heteroatoms. The van der Waals surface area contributed by atoms with E-state index in [1.807, 2.05) is 0 Å². The van der Waals surface area contributed by atoms with Gasteiger partial charge in [-0.15, -0.1) is 0 Å². The maximum atomic E-state index is 12.4. The number of amides is 1. The van der Waals surface area contributed by atoms with Crippen molar-refractivity contribution >= 4 is 15.7 Å². The summed E-state index contributed by atoms with van der Waals surface area (Å²) in [5.74, 6) is 0.369. The highest BCUT2D eigenvalue weighted by Crippen LogP contribution is 2.30. The lowest BCUT2D eigenvalue weighted by atomic mass is 10.3. The van der Waals surface area contributed by atoms with E-state index in [2.05, 4.69) is 0 Å². The fourth-order valence-corrected chi connectivity index (χ4v) is 3.76. The van der Waals surface area contributed by atoms with E-state index in [1.165, 1.54) is 32.4 Å². The van der Waals surface area contributed by atoms with Gasteiger partial charge in [-0.3, -0.25) is 4.79 Å². The topological polar surface area (TPSA) is 98.9 Å². The summed E-state index contributed by atoms with van der Waals surface area (Å²) >= 11 is 0. The van der Waals surface area contributed by atoms with Crippen LogP contribution in [0.5, 0.6) is 11.5 Å². The van der Waals surface area contributed by atoms with Gasteiger partial charge in [0, 0.05) is 31.6 Å². The lowest BCUT2D eigenvalue weighted by Gasteiger charge is -2.16. The fraction of sp³-hybridized carbons (Fsp3) is 0.533. The second-order valence-electron chi connectivity index (χ2n) is 5.47. The molecule has 0 bridgehead atoms. The lowest BCUT2D eigenvalue weighted by Crippen LogP contribution is -2.32. The van der Waals surface area contributed by atoms with Gasteiger partial charge in [0.1, 0.15) is 0 Å². The smallest absolute Gasteiger partial charge is 0.223 e. The van der Waals surface area contributed by atoms with Crippen molar-refractivity contribution < 1.29 is 22.7 Å². The molecule has 1 aliphatic rings. The van der Waals surface area contributed by atoms with E-state index >= 15 is 0 Å². The minimum absolute atomic E-state index is 0.0126. The van der Waals surface area contributed by atoms with Crippen molar-refractivity contribution in [3.05, 3.63) is 18.2 Å². The van der Waals surface area contributed by atoms with Gasteiger partial charge in [0.25, 0.3) is 0 Å². The van der Waals surface area contributed by atoms with Gasteiger partial charge in [0.15, 0.2) is 21.3 Å². The number of nitrogens with zero attached hydrogens (tertiary/aromatic N) is 1. The Balaban J connectivity index is 2.05. The average Bonchev–Trinajstić information content (AvgIpc) is 2.98. The number of nitrogens with two attached hydrogens (primary N) is 1. The Morgan fingerprint density at radius 2 is 2.00 bits per heavy atom. The minimum atomic E-state index is -3.57. The molecular formula is C15H22N2O5S. The molecule has 0 aromatic heterocycles. The maximum Gasteiger partial charge on any atom is 0.223 e. The number of carbonyl (C=O) groups excluding carboxylic acids is 1. The van der Waals surface area contributed by atoms with Gasteiger partial charge in [-0.25, -0.2) is 8.42 Å². The molecule has 0 saturated carbocycles. The van der Waals surface area contributed by atoms with Crippen LogP contribution in [0.15, 0.2) is 23.1 Å². The molecule has 1 aliphatic heterocycles. The van der Waals surface area contributed by atoms with Crippen LogP contribution in [0.2, 0.25) is 0 Å². The second kappa shape index (κ2) is 7.18. The summed E-state index contributed by atoms with van der Waals surface area (Å²) < 4.78 is 35.0. The zero-order valence-electron chi connectivity index (χ0n) is 13.3. The van der Waals surface area contributed by atoms with Crippen LogP contribution in [0.3, 0.4) is 0 Å². The van der Waals surface area contributed by atoms with Crippen molar-refractivity contribution in [2.24, 2.45) is 5.73 Å². The molecule has 1 aromatic carbocycles. The quantitative estimate of drug-likeness (QED) is 0.805. The van der Waals surface area contributed by atoms with Crippen molar-refractivity contribution in [3.63, 3.8) is 0 Å². The summed E-state index contributed by atoms with van der Waals surface area (Å²) in [5.41, 5.74) is 5.76. The van der Waals surface area contributed by atoms with Crippen LogP contribution in [-0.4, -0.2) is 58.3 Å². The largest absolute Gasteiger partial charge is 0.493 e. The number of sulfone groups is 1. The van der Waals surface area contributed by atoms with Gasteiger partial charge in [-0.05, 0) is 18.6 Å². The van der Waals surface area contributed by atoms with Crippen LogP contribution in [0.4, 0.5) is 0 Å². The Kier molecular flexibility index (Phi) is 5.48. The van der Waals surface area contributed by atoms with E-state index in [9.17, 15) is 13.2 Å². The van der Waals surface area contributed by atoms with E-state index in [-0.39, 0.29) is 29.0 Å². The van der Waals surface area contributed by atoms with Crippen LogP contribution in [-0.2, 0) is 14.6 Å². The summed E-state index contributed by atoms with van der Waals surface area (Å²) in [6, 6.07) is 4.38. The summed E-state index contributed by atoms with van der Waals surface area (Å²) in [6.45, 7) is 1.09. The van der Waals surface area contributed by atoms with E-state index in [0.29, 0.717) is 24.6 Å². The molecule has 1 heterocycles. The summed E-state index contributed by atoms with van der Waals surface area (Å²) in [6.07, 6.45) is 0.706. The number of benzene rings is 1. The predicted molar refractivity (Wildman–Crippen MR) is 85.4 cm³/mol. The fourth-order valence-electron chi connectivity index (χ4n) is 2.52. The van der Waals surface area contributed by atoms with Crippen LogP contribution in [0, 0.1) is 0 Å². The third kappa shape index (κ3) is 4.14. The Bertz CT molecular complexity index is 674. The van der Waals surface area contributed by atoms with E-state index in [0.717, 1.165) is 6.42 Å². The van der Waals surface area contributed by atoms with Crippen molar-refractivity contribution in [2.75, 3.05) is 33.1 Å². The number of likely N-dealkylation sites (tertiary alicyclic amines) is 1. The number of carbonyl (C=O) groups is 1. The van der Waals surface area contributed by atoms with Crippen molar-refractivity contribution in [3.8, 4) is 11.5 Å². The minimum Gasteiger partial charge on any atom is -0.493 e. The maximum absolute atomic E-state index is 12.4. The first-order valence-electron chi connectivity index (χ1n) is 7.35. The molecule has 1 amide bonds. The number of hydrogen-bond acceptors (Lipinski definition) is 6. The van der Waals surface area contributed by atoms with Crippen molar-refractivity contribution in [1.82, 2.24) is 4.90 Å². The van der Waals surface area contributed by atoms with Gasteiger partial charge >= 0.3 is 0 Å². The first-order valence-corrected chi connectivity index (χ1v) is 9.00. The molecule has 1 saturated heterocycles. The molecule has 128 valence electrons. The Morgan fingerprint density at radius 1 is 1.30 bits per heavy atom. The van der Waals surface area contributed by atoms with Gasteiger partial charge in [0.2, 0.25) is 5.91 Å². The first-order chi connectivity index (χ1) is 10.9. The SMILES string of the molecule is COc1ccc(S(=O)(=O)CCC(=O)N2CC[C@H](N)C2)cc1OC. The molecule has 2 rings (SSSR count). The highest BCUT2D eigenvalue weighted by molar-refractivity contribution is 7.91. The van der Waals surface area contributed by atoms with E-state index in [1.54, 1.807) is 4.90 Å². The molecule has 0 aliphatic carbocycles. The van der Waals surface area contributed by atoms with Crippen LogP contribution < -0.4 is 15.2 Å². The van der Waals surface area contributed by atoms with Gasteiger partial charge in [0.05, 0.1) is 24.9 Å². The summed E-state index contributed by atoms with van der Waals surface area (Å²) in [5, 5.41) is 0. The van der Waals surface area contributed by atoms with Crippen LogP contribution in [0.1, 0.15) is 12.8 Å². The van der Waals surface area contributed by atoms with Crippen LogP contribution >= 0.6 is 0 Å². The summed E-state index contributed by atoms with van der Waals surface area (Å²) in [7, 11) is -0.654. The molecular weight excluding hydrogens is 320 g/mol. The number of methoxy groups -OCH3 is 2. The highest BCUT2D eigenvalue weighted by atomic mass is 32.2. The third-order valence-electron chi connectivity index (χ3n) is 3.88. The monoisotopic (exact) mass is 342 g/mol. The summed E-state index contributed by atoms with van der Waals surface area (Å²) in [4.78, 5) is 13.8. The molecule has 0 spiro atoms. The van der Waals surface area contributed by atoms with Gasteiger partial charge in [-0.1, -0.05) is 0 Å². The molecule has 1 aromatic rings. The molecule has 0 radical (unpaired) electrons. The standard InChI is InChI=1S/C15H22N2O5S/c1-21-13-4-3-12(9-14(13)22-2)23(19,20)8-6-15(18)17-7-5-11(16)10-17/h3-4,9,11H,5-8,10,16H2,1-2H3/t11-/m0/s1. The molecule has 1 fully saturated rings. The average molecular weight is 342 g/mol. The third-order valence-corrected chi connectivity index (χ3v) is 5.59. The molecule has 23 heavy (non-hydrogen) atoms. The van der Waals surface area contributed by atoms with Gasteiger partial charge < -0.3 is 20.1 Å². The normalized spacial score (nSPS) is 18.0. The zero-order valence-corrected chi connectivity index (χ0v) is 14.1. The molecule has 7 nitrogen and oxygen atoms in total. The number of hydrogen-bond donors (Lipinski definition) is 1. The highest BCUT2D eigenvalue weighted by Gasteiger charge is 2.25. The Labute approximate surface area is 136 Å².